The summed E-state index contributed by atoms with van der Waals surface area (Å²) in [5.41, 5.74) is 13.7. The largest absolute Gasteiger partial charge is 0.427 e. The van der Waals surface area contributed by atoms with E-state index in [4.69, 9.17) is 19.7 Å². The van der Waals surface area contributed by atoms with Crippen LogP contribution in [0.4, 0.5) is 0 Å². The summed E-state index contributed by atoms with van der Waals surface area (Å²) in [6, 6.07) is 60.1. The smallest absolute Gasteiger partial charge is 0.311 e. The van der Waals surface area contributed by atoms with Gasteiger partial charge in [0.1, 0.15) is 5.75 Å². The summed E-state index contributed by atoms with van der Waals surface area (Å²) in [6.07, 6.45) is 9.77. The third-order valence-electron chi connectivity index (χ3n) is 13.7. The number of pyridine rings is 3. The van der Waals surface area contributed by atoms with Crippen molar-refractivity contribution < 1.29 is 9.53 Å². The van der Waals surface area contributed by atoms with Crippen molar-refractivity contribution in [3.63, 3.8) is 0 Å². The van der Waals surface area contributed by atoms with Crippen molar-refractivity contribution in [3.8, 4) is 39.5 Å². The van der Waals surface area contributed by atoms with E-state index < -0.39 is 16.2 Å². The number of rotatable bonds is 11. The topological polar surface area (TPSA) is 65.0 Å². The maximum Gasteiger partial charge on any atom is 0.311 e. The van der Waals surface area contributed by atoms with Gasteiger partial charge in [-0.05, 0) is 101 Å². The first-order chi connectivity index (χ1) is 29.6. The summed E-state index contributed by atoms with van der Waals surface area (Å²) < 4.78 is 6.01. The van der Waals surface area contributed by atoms with Crippen molar-refractivity contribution in [2.24, 2.45) is 0 Å². The van der Waals surface area contributed by atoms with E-state index in [2.05, 4.69) is 140 Å². The van der Waals surface area contributed by atoms with Gasteiger partial charge in [-0.3, -0.25) is 19.7 Å². The van der Waals surface area contributed by atoms with Gasteiger partial charge in [0.05, 0.1) is 17.1 Å². The van der Waals surface area contributed by atoms with Crippen molar-refractivity contribution in [3.05, 3.63) is 227 Å². The molecule has 0 bridgehead atoms. The zero-order valence-corrected chi connectivity index (χ0v) is 33.3. The summed E-state index contributed by atoms with van der Waals surface area (Å²) in [5, 5.41) is 0. The average molecular weight is 778 g/mol. The number of aryl methyl sites for hydroxylation is 1. The summed E-state index contributed by atoms with van der Waals surface area (Å²) >= 11 is 0. The molecule has 0 aliphatic heterocycles. The predicted octanol–water partition coefficient (Wildman–Crippen LogP) is 11.9. The van der Waals surface area contributed by atoms with Crippen LogP contribution in [0.2, 0.25) is 0 Å². The molecule has 0 saturated heterocycles. The number of para-hydroxylation sites is 1. The predicted molar refractivity (Wildman–Crippen MR) is 237 cm³/mol. The lowest BCUT2D eigenvalue weighted by Gasteiger charge is -2.47. The molecule has 0 saturated carbocycles. The summed E-state index contributed by atoms with van der Waals surface area (Å²) in [4.78, 5) is 29.4. The van der Waals surface area contributed by atoms with E-state index in [0.717, 1.165) is 47.5 Å². The van der Waals surface area contributed by atoms with Crippen molar-refractivity contribution >= 4 is 5.97 Å². The Balaban J connectivity index is 1.16. The van der Waals surface area contributed by atoms with Gasteiger partial charge in [-0.2, -0.15) is 0 Å². The number of ether oxygens (including phenoxy) is 1. The molecule has 8 aromatic rings. The van der Waals surface area contributed by atoms with Gasteiger partial charge in [0.15, 0.2) is 0 Å². The second-order valence-corrected chi connectivity index (χ2v) is 16.7. The molecule has 3 atom stereocenters. The number of nitrogens with zero attached hydrogens (tertiary/aromatic N) is 3. The lowest BCUT2D eigenvalue weighted by Crippen LogP contribution is -2.43. The van der Waals surface area contributed by atoms with E-state index in [9.17, 15) is 4.79 Å². The fraction of sp³-hybridized carbons (Fsp3) is 0.164. The van der Waals surface area contributed by atoms with Gasteiger partial charge < -0.3 is 4.74 Å². The fourth-order valence-electron chi connectivity index (χ4n) is 11.3. The molecular weight excluding hydrogens is 735 g/mol. The minimum Gasteiger partial charge on any atom is -0.427 e. The molecule has 60 heavy (non-hydrogen) atoms. The van der Waals surface area contributed by atoms with Gasteiger partial charge in [-0.1, -0.05) is 140 Å². The minimum absolute atomic E-state index is 0.226. The molecule has 0 N–H and O–H groups in total. The minimum atomic E-state index is -0.614. The Hall–Kier alpha value is -6.98. The second kappa shape index (κ2) is 14.4. The van der Waals surface area contributed by atoms with Crippen LogP contribution in [0.25, 0.3) is 33.8 Å². The Bertz CT molecular complexity index is 2770. The van der Waals surface area contributed by atoms with Gasteiger partial charge in [-0.25, -0.2) is 0 Å². The Morgan fingerprint density at radius 1 is 0.417 bits per heavy atom. The van der Waals surface area contributed by atoms with Gasteiger partial charge in [-0.15, -0.1) is 0 Å². The molecule has 3 heterocycles. The molecule has 0 spiro atoms. The molecule has 3 aromatic heterocycles. The third kappa shape index (κ3) is 5.60. The van der Waals surface area contributed by atoms with Gasteiger partial charge in [0.2, 0.25) is 0 Å². The normalized spacial score (nSPS) is 20.0. The second-order valence-electron chi connectivity index (χ2n) is 16.7. The monoisotopic (exact) mass is 777 g/mol. The van der Waals surface area contributed by atoms with Crippen molar-refractivity contribution in [2.45, 2.75) is 54.8 Å². The van der Waals surface area contributed by atoms with Crippen LogP contribution in [0.5, 0.6) is 5.75 Å². The van der Waals surface area contributed by atoms with Crippen LogP contribution in [0, 0.1) is 0 Å². The fourth-order valence-corrected chi connectivity index (χ4v) is 11.3. The standard InChI is InChI=1S/C55H43N3O2/c59-49(60-39-18-5-2-6-19-39)30-32-54(44-24-11-8-21-41(44)51-47(54)27-14-34-57-51)37-55(45-25-12-9-22-42(45)52-48(55)28-15-35-58-52)36-53(31-29-38-16-3-1-4-17-38)43-23-10-7-20-40(43)50-46(53)26-13-33-56-50/h1-28,33-35H,29-32,36-37H2/t53-,54+,55-/m1/s1. The Morgan fingerprint density at radius 3 is 1.33 bits per heavy atom. The van der Waals surface area contributed by atoms with E-state index >= 15 is 0 Å². The van der Waals surface area contributed by atoms with Gasteiger partial charge in [0, 0.05) is 57.9 Å². The number of hydrogen-bond acceptors (Lipinski definition) is 5. The van der Waals surface area contributed by atoms with Crippen LogP contribution in [-0.4, -0.2) is 20.9 Å². The van der Waals surface area contributed by atoms with Crippen LogP contribution in [0.3, 0.4) is 0 Å². The highest BCUT2D eigenvalue weighted by Gasteiger charge is 2.58. The first-order valence-corrected chi connectivity index (χ1v) is 21.1. The van der Waals surface area contributed by atoms with Crippen LogP contribution >= 0.6 is 0 Å². The van der Waals surface area contributed by atoms with Crippen LogP contribution in [0.15, 0.2) is 188 Å². The van der Waals surface area contributed by atoms with E-state index in [1.165, 1.54) is 44.5 Å². The van der Waals surface area contributed by atoms with Crippen LogP contribution in [-0.2, 0) is 27.5 Å². The number of carbonyl (C=O) groups is 1. The van der Waals surface area contributed by atoms with E-state index in [1.807, 2.05) is 48.9 Å². The number of hydrogen-bond donors (Lipinski definition) is 0. The number of esters is 1. The molecule has 0 fully saturated rings. The van der Waals surface area contributed by atoms with Crippen molar-refractivity contribution in [2.75, 3.05) is 0 Å². The quantitative estimate of drug-likeness (QED) is 0.0966. The maximum atomic E-state index is 14.0. The van der Waals surface area contributed by atoms with E-state index in [-0.39, 0.29) is 12.4 Å². The van der Waals surface area contributed by atoms with Gasteiger partial charge in [0.25, 0.3) is 0 Å². The SMILES string of the molecule is O=C(CC[C@]1(C[C@]2(C[C@]3(CCc4ccccc4)c4ccccc4-c4ncccc43)c3ccccc3-c3ncccc32)c2ccccc2-c2ncccc21)Oc1ccccc1. The first kappa shape index (κ1) is 36.1. The van der Waals surface area contributed by atoms with Crippen molar-refractivity contribution in [1.82, 2.24) is 15.0 Å². The molecule has 5 aromatic carbocycles. The molecular formula is C55H43N3O2. The highest BCUT2D eigenvalue weighted by Crippen LogP contribution is 2.65. The highest BCUT2D eigenvalue weighted by molar-refractivity contribution is 5.84. The zero-order chi connectivity index (χ0) is 40.2. The van der Waals surface area contributed by atoms with E-state index in [1.54, 1.807) is 0 Å². The molecule has 5 heteroatoms. The Labute approximate surface area is 350 Å². The van der Waals surface area contributed by atoms with Crippen molar-refractivity contribution in [1.29, 1.82) is 0 Å². The third-order valence-corrected chi connectivity index (χ3v) is 13.7. The number of carbonyl (C=O) groups excluding carboxylic acids is 1. The summed E-state index contributed by atoms with van der Waals surface area (Å²) in [6.45, 7) is 0. The lowest BCUT2D eigenvalue weighted by molar-refractivity contribution is -0.134. The average Bonchev–Trinajstić information content (AvgIpc) is 3.86. The Morgan fingerprint density at radius 2 is 0.817 bits per heavy atom. The molecule has 3 aliphatic rings. The first-order valence-electron chi connectivity index (χ1n) is 21.1. The molecule has 0 radical (unpaired) electrons. The Kier molecular flexibility index (Phi) is 8.66. The number of benzene rings is 5. The molecule has 0 amide bonds. The summed E-state index contributed by atoms with van der Waals surface area (Å²) in [5.74, 6) is 0.307. The lowest BCUT2D eigenvalue weighted by atomic mass is 9.55. The molecule has 3 aliphatic carbocycles. The highest BCUT2D eigenvalue weighted by atomic mass is 16.5. The van der Waals surface area contributed by atoms with E-state index in [0.29, 0.717) is 18.6 Å². The molecule has 0 unspecified atom stereocenters. The van der Waals surface area contributed by atoms with Gasteiger partial charge >= 0.3 is 5.97 Å². The molecule has 290 valence electrons. The maximum absolute atomic E-state index is 14.0. The van der Waals surface area contributed by atoms with Crippen LogP contribution in [0.1, 0.15) is 71.0 Å². The number of fused-ring (bicyclic) bond motifs is 9. The zero-order valence-electron chi connectivity index (χ0n) is 33.3. The molecule has 11 rings (SSSR count). The molecule has 5 nitrogen and oxygen atoms in total. The number of aromatic nitrogens is 3. The summed E-state index contributed by atoms with van der Waals surface area (Å²) in [7, 11) is 0. The van der Waals surface area contributed by atoms with Crippen LogP contribution < -0.4 is 4.74 Å².